The van der Waals surface area contributed by atoms with Gasteiger partial charge in [-0.2, -0.15) is 0 Å². The topological polar surface area (TPSA) is 66.8 Å². The van der Waals surface area contributed by atoms with Crippen molar-refractivity contribution in [3.8, 4) is 0 Å². The zero-order valence-electron chi connectivity index (χ0n) is 6.56. The van der Waals surface area contributed by atoms with Crippen molar-refractivity contribution in [3.63, 3.8) is 0 Å². The third-order valence-corrected chi connectivity index (χ3v) is 1.44. The number of hydrogen-bond donors (Lipinski definition) is 2. The van der Waals surface area contributed by atoms with Gasteiger partial charge in [0.2, 0.25) is 0 Å². The number of ether oxygens (including phenoxy) is 1. The standard InChI is InChI=1S/C7H14O4/c1-11-7(5-9)4-6(10)2-3-8/h3,6-7,9-10H,2,4-5H2,1H3. The summed E-state index contributed by atoms with van der Waals surface area (Å²) in [5, 5.41) is 17.7. The lowest BCUT2D eigenvalue weighted by Crippen LogP contribution is -2.23. The van der Waals surface area contributed by atoms with Gasteiger partial charge in [-0.05, 0) is 0 Å². The lowest BCUT2D eigenvalue weighted by molar-refractivity contribution is -0.110. The second-order valence-electron chi connectivity index (χ2n) is 2.33. The molecule has 0 aromatic carbocycles. The molecule has 0 aromatic heterocycles. The van der Waals surface area contributed by atoms with Crippen LogP contribution in [-0.2, 0) is 9.53 Å². The Morgan fingerprint density at radius 1 is 1.64 bits per heavy atom. The van der Waals surface area contributed by atoms with Crippen LogP contribution in [0.2, 0.25) is 0 Å². The van der Waals surface area contributed by atoms with Crippen molar-refractivity contribution in [2.24, 2.45) is 0 Å². The van der Waals surface area contributed by atoms with Crippen LogP contribution in [-0.4, -0.2) is 42.4 Å². The third kappa shape index (κ3) is 4.89. The van der Waals surface area contributed by atoms with Gasteiger partial charge in [0.25, 0.3) is 0 Å². The lowest BCUT2D eigenvalue weighted by atomic mass is 10.1. The predicted octanol–water partition coefficient (Wildman–Crippen LogP) is -0.666. The molecule has 0 aliphatic heterocycles. The van der Waals surface area contributed by atoms with Gasteiger partial charge in [0.05, 0.1) is 18.8 Å². The molecule has 0 spiro atoms. The predicted molar refractivity (Wildman–Crippen MR) is 39.2 cm³/mol. The third-order valence-electron chi connectivity index (χ3n) is 1.44. The normalized spacial score (nSPS) is 15.9. The monoisotopic (exact) mass is 162 g/mol. The second kappa shape index (κ2) is 6.27. The smallest absolute Gasteiger partial charge is 0.122 e. The summed E-state index contributed by atoms with van der Waals surface area (Å²) >= 11 is 0. The van der Waals surface area contributed by atoms with Crippen molar-refractivity contribution in [2.45, 2.75) is 25.0 Å². The number of rotatable bonds is 6. The first-order valence-corrected chi connectivity index (χ1v) is 3.50. The van der Waals surface area contributed by atoms with E-state index in [1.807, 2.05) is 0 Å². The molecular weight excluding hydrogens is 148 g/mol. The van der Waals surface area contributed by atoms with Gasteiger partial charge < -0.3 is 19.7 Å². The van der Waals surface area contributed by atoms with E-state index in [1.54, 1.807) is 0 Å². The summed E-state index contributed by atoms with van der Waals surface area (Å²) < 4.78 is 4.79. The SMILES string of the molecule is COC(CO)CC(O)CC=O. The lowest BCUT2D eigenvalue weighted by Gasteiger charge is -2.14. The number of carbonyl (C=O) groups is 1. The summed E-state index contributed by atoms with van der Waals surface area (Å²) in [6.45, 7) is -0.133. The molecule has 2 atom stereocenters. The van der Waals surface area contributed by atoms with Crippen molar-refractivity contribution >= 4 is 6.29 Å². The highest BCUT2D eigenvalue weighted by molar-refractivity contribution is 5.49. The Bertz CT molecular complexity index is 101. The van der Waals surface area contributed by atoms with Crippen LogP contribution >= 0.6 is 0 Å². The van der Waals surface area contributed by atoms with E-state index < -0.39 is 6.10 Å². The first-order valence-electron chi connectivity index (χ1n) is 3.50. The molecule has 0 fully saturated rings. The zero-order valence-corrected chi connectivity index (χ0v) is 6.56. The number of aliphatic hydroxyl groups is 2. The van der Waals surface area contributed by atoms with Gasteiger partial charge in [0, 0.05) is 20.0 Å². The Morgan fingerprint density at radius 2 is 2.27 bits per heavy atom. The largest absolute Gasteiger partial charge is 0.394 e. The molecule has 0 rings (SSSR count). The van der Waals surface area contributed by atoms with Gasteiger partial charge in [-0.25, -0.2) is 0 Å². The van der Waals surface area contributed by atoms with Crippen LogP contribution in [0.4, 0.5) is 0 Å². The fourth-order valence-corrected chi connectivity index (χ4v) is 0.756. The minimum Gasteiger partial charge on any atom is -0.394 e. The molecule has 0 aliphatic rings. The van der Waals surface area contributed by atoms with Crippen LogP contribution in [0.5, 0.6) is 0 Å². The van der Waals surface area contributed by atoms with Crippen molar-refractivity contribution in [2.75, 3.05) is 13.7 Å². The van der Waals surface area contributed by atoms with Crippen molar-refractivity contribution in [1.29, 1.82) is 0 Å². The molecule has 2 unspecified atom stereocenters. The van der Waals surface area contributed by atoms with Crippen LogP contribution in [0.15, 0.2) is 0 Å². The highest BCUT2D eigenvalue weighted by Gasteiger charge is 2.11. The molecule has 0 saturated heterocycles. The molecule has 2 N–H and O–H groups in total. The van der Waals surface area contributed by atoms with E-state index in [0.29, 0.717) is 12.7 Å². The van der Waals surface area contributed by atoms with Crippen LogP contribution in [0.1, 0.15) is 12.8 Å². The van der Waals surface area contributed by atoms with E-state index in [9.17, 15) is 4.79 Å². The molecule has 0 bridgehead atoms. The van der Waals surface area contributed by atoms with E-state index in [4.69, 9.17) is 14.9 Å². The number of aldehydes is 1. The highest BCUT2D eigenvalue weighted by Crippen LogP contribution is 2.03. The molecule has 0 heterocycles. The maximum absolute atomic E-state index is 9.91. The van der Waals surface area contributed by atoms with E-state index in [-0.39, 0.29) is 19.1 Å². The van der Waals surface area contributed by atoms with Gasteiger partial charge in [-0.3, -0.25) is 0 Å². The van der Waals surface area contributed by atoms with Crippen molar-refractivity contribution in [1.82, 2.24) is 0 Å². The summed E-state index contributed by atoms with van der Waals surface area (Å²) in [6.07, 6.45) is -0.0325. The molecular formula is C7H14O4. The van der Waals surface area contributed by atoms with Gasteiger partial charge in [0.15, 0.2) is 0 Å². The molecule has 4 nitrogen and oxygen atoms in total. The Morgan fingerprint density at radius 3 is 2.64 bits per heavy atom. The van der Waals surface area contributed by atoms with E-state index in [2.05, 4.69) is 0 Å². The first-order chi connectivity index (χ1) is 5.24. The molecule has 0 aromatic rings. The average molecular weight is 162 g/mol. The summed E-state index contributed by atoms with van der Waals surface area (Å²) in [6, 6.07) is 0. The molecule has 66 valence electrons. The fraction of sp³-hybridized carbons (Fsp3) is 0.857. The van der Waals surface area contributed by atoms with Crippen LogP contribution in [0.3, 0.4) is 0 Å². The zero-order chi connectivity index (χ0) is 8.69. The number of hydrogen-bond acceptors (Lipinski definition) is 4. The molecule has 0 amide bonds. The first kappa shape index (κ1) is 10.6. The summed E-state index contributed by atoms with van der Waals surface area (Å²) in [7, 11) is 1.45. The number of aliphatic hydroxyl groups excluding tert-OH is 2. The molecule has 0 saturated carbocycles. The highest BCUT2D eigenvalue weighted by atomic mass is 16.5. The van der Waals surface area contributed by atoms with E-state index >= 15 is 0 Å². The minimum absolute atomic E-state index is 0.0971. The summed E-state index contributed by atoms with van der Waals surface area (Å²) in [5.41, 5.74) is 0. The molecule has 4 heteroatoms. The van der Waals surface area contributed by atoms with Crippen LogP contribution < -0.4 is 0 Å². The Kier molecular flexibility index (Phi) is 6.02. The molecule has 0 radical (unpaired) electrons. The summed E-state index contributed by atoms with van der Waals surface area (Å²) in [4.78, 5) is 9.91. The quantitative estimate of drug-likeness (QED) is 0.508. The maximum atomic E-state index is 9.91. The molecule has 11 heavy (non-hydrogen) atoms. The van der Waals surface area contributed by atoms with E-state index in [1.165, 1.54) is 7.11 Å². The van der Waals surface area contributed by atoms with Crippen LogP contribution in [0.25, 0.3) is 0 Å². The van der Waals surface area contributed by atoms with Crippen molar-refractivity contribution in [3.05, 3.63) is 0 Å². The van der Waals surface area contributed by atoms with Crippen LogP contribution in [0, 0.1) is 0 Å². The Labute approximate surface area is 65.8 Å². The Hall–Kier alpha value is -0.450. The average Bonchev–Trinajstić information content (AvgIpc) is 2.01. The fourth-order valence-electron chi connectivity index (χ4n) is 0.756. The van der Waals surface area contributed by atoms with Gasteiger partial charge in [0.1, 0.15) is 6.29 Å². The second-order valence-corrected chi connectivity index (χ2v) is 2.33. The number of carbonyl (C=O) groups excluding carboxylic acids is 1. The van der Waals surface area contributed by atoms with E-state index in [0.717, 1.165) is 0 Å². The van der Waals surface area contributed by atoms with Gasteiger partial charge in [-0.1, -0.05) is 0 Å². The van der Waals surface area contributed by atoms with Gasteiger partial charge >= 0.3 is 0 Å². The van der Waals surface area contributed by atoms with Crippen molar-refractivity contribution < 1.29 is 19.7 Å². The maximum Gasteiger partial charge on any atom is 0.122 e. The van der Waals surface area contributed by atoms with Gasteiger partial charge in [-0.15, -0.1) is 0 Å². The summed E-state index contributed by atoms with van der Waals surface area (Å²) in [5.74, 6) is 0. The Balaban J connectivity index is 3.52. The minimum atomic E-state index is -0.704. The molecule has 0 aliphatic carbocycles. The number of methoxy groups -OCH3 is 1.